The maximum Gasteiger partial charge on any atom is 0.170 e. The number of methoxy groups -OCH3 is 1. The molecule has 0 unspecified atom stereocenters. The average Bonchev–Trinajstić information content (AvgIpc) is 2.72. The topological polar surface area (TPSA) is 34.1 Å². The number of hydrogen-bond acceptors (Lipinski definition) is 4. The third-order valence-electron chi connectivity index (χ3n) is 4.34. The van der Waals surface area contributed by atoms with Gasteiger partial charge < -0.3 is 14.4 Å². The molecule has 0 aromatic heterocycles. The first kappa shape index (κ1) is 21.0. The fraction of sp³-hybridized carbons (Fsp3) is 0.174. The predicted octanol–water partition coefficient (Wildman–Crippen LogP) is 6.40. The molecule has 0 spiro atoms. The predicted molar refractivity (Wildman–Crippen MR) is 122 cm³/mol. The number of rotatable bonds is 7. The first-order chi connectivity index (χ1) is 14.0. The normalized spacial score (nSPS) is 10.9. The zero-order valence-corrected chi connectivity index (χ0v) is 18.0. The molecule has 0 N–H and O–H groups in total. The van der Waals surface area contributed by atoms with Crippen molar-refractivity contribution in [2.45, 2.75) is 6.61 Å². The highest BCUT2D eigenvalue weighted by molar-refractivity contribution is 6.35. The summed E-state index contributed by atoms with van der Waals surface area (Å²) < 4.78 is 11.5. The lowest BCUT2D eigenvalue weighted by atomic mass is 10.2. The molecule has 0 aliphatic rings. The van der Waals surface area contributed by atoms with Gasteiger partial charge in [-0.25, -0.2) is 0 Å². The van der Waals surface area contributed by atoms with E-state index >= 15 is 0 Å². The van der Waals surface area contributed by atoms with Crippen molar-refractivity contribution in [1.82, 2.24) is 0 Å². The van der Waals surface area contributed by atoms with Crippen molar-refractivity contribution in [3.05, 3.63) is 81.8 Å². The van der Waals surface area contributed by atoms with Gasteiger partial charge in [-0.1, -0.05) is 35.3 Å². The van der Waals surface area contributed by atoms with Crippen molar-refractivity contribution < 1.29 is 9.47 Å². The van der Waals surface area contributed by atoms with Gasteiger partial charge in [-0.05, 0) is 48.5 Å². The minimum absolute atomic E-state index is 0.286. The van der Waals surface area contributed by atoms with Crippen LogP contribution >= 0.6 is 23.2 Å². The van der Waals surface area contributed by atoms with E-state index in [0.29, 0.717) is 21.5 Å². The van der Waals surface area contributed by atoms with E-state index < -0.39 is 0 Å². The van der Waals surface area contributed by atoms with Crippen LogP contribution in [0.1, 0.15) is 11.1 Å². The van der Waals surface area contributed by atoms with Gasteiger partial charge in [0, 0.05) is 47.2 Å². The van der Waals surface area contributed by atoms with Gasteiger partial charge in [0.15, 0.2) is 11.5 Å². The van der Waals surface area contributed by atoms with E-state index in [9.17, 15) is 0 Å². The minimum atomic E-state index is 0.286. The zero-order chi connectivity index (χ0) is 20.8. The number of nitrogens with zero attached hydrogens (tertiary/aromatic N) is 2. The van der Waals surface area contributed by atoms with Crippen LogP contribution < -0.4 is 14.4 Å². The summed E-state index contributed by atoms with van der Waals surface area (Å²) in [6.07, 6.45) is 1.77. The van der Waals surface area contributed by atoms with Crippen LogP contribution in [-0.4, -0.2) is 27.4 Å². The molecular weight excluding hydrogens is 407 g/mol. The molecule has 0 atom stereocenters. The second-order valence-electron chi connectivity index (χ2n) is 6.57. The molecule has 0 saturated heterocycles. The van der Waals surface area contributed by atoms with Crippen LogP contribution in [0.25, 0.3) is 0 Å². The van der Waals surface area contributed by atoms with Gasteiger partial charge in [0.2, 0.25) is 0 Å². The molecule has 0 bridgehead atoms. The Morgan fingerprint density at radius 1 is 1.00 bits per heavy atom. The van der Waals surface area contributed by atoms with Gasteiger partial charge in [0.1, 0.15) is 6.61 Å². The van der Waals surface area contributed by atoms with Crippen molar-refractivity contribution in [2.75, 3.05) is 26.1 Å². The van der Waals surface area contributed by atoms with E-state index in [2.05, 4.69) is 4.99 Å². The molecule has 3 rings (SSSR count). The Hall–Kier alpha value is -2.69. The van der Waals surface area contributed by atoms with Gasteiger partial charge in [-0.2, -0.15) is 0 Å². The van der Waals surface area contributed by atoms with Crippen molar-refractivity contribution in [1.29, 1.82) is 0 Å². The van der Waals surface area contributed by atoms with Gasteiger partial charge in [0.25, 0.3) is 0 Å². The van der Waals surface area contributed by atoms with Crippen LogP contribution in [0, 0.1) is 0 Å². The highest BCUT2D eigenvalue weighted by Crippen LogP contribution is 2.32. The first-order valence-electron chi connectivity index (χ1n) is 9.03. The molecule has 6 heteroatoms. The summed E-state index contributed by atoms with van der Waals surface area (Å²) in [6, 6.07) is 19.0. The Labute approximate surface area is 181 Å². The number of ether oxygens (including phenoxy) is 2. The van der Waals surface area contributed by atoms with E-state index in [1.807, 2.05) is 67.5 Å². The zero-order valence-electron chi connectivity index (χ0n) is 16.5. The Kier molecular flexibility index (Phi) is 7.02. The number of hydrogen-bond donors (Lipinski definition) is 0. The van der Waals surface area contributed by atoms with E-state index in [4.69, 9.17) is 32.7 Å². The molecule has 0 aliphatic carbocycles. The van der Waals surface area contributed by atoms with Gasteiger partial charge in [0.05, 0.1) is 12.8 Å². The molecule has 0 radical (unpaired) electrons. The highest BCUT2D eigenvalue weighted by atomic mass is 35.5. The average molecular weight is 429 g/mol. The Morgan fingerprint density at radius 3 is 2.41 bits per heavy atom. The summed E-state index contributed by atoms with van der Waals surface area (Å²) in [4.78, 5) is 6.62. The summed E-state index contributed by atoms with van der Waals surface area (Å²) >= 11 is 12.2. The second-order valence-corrected chi connectivity index (χ2v) is 7.42. The summed E-state index contributed by atoms with van der Waals surface area (Å²) in [5.74, 6) is 1.23. The maximum atomic E-state index is 6.26. The lowest BCUT2D eigenvalue weighted by Crippen LogP contribution is -2.07. The third-order valence-corrected chi connectivity index (χ3v) is 4.92. The van der Waals surface area contributed by atoms with Gasteiger partial charge >= 0.3 is 0 Å². The Bertz CT molecular complexity index is 1000. The van der Waals surface area contributed by atoms with Crippen molar-refractivity contribution in [3.8, 4) is 11.5 Å². The fourth-order valence-corrected chi connectivity index (χ4v) is 3.18. The smallest absolute Gasteiger partial charge is 0.170 e. The molecule has 0 heterocycles. The third kappa shape index (κ3) is 5.43. The van der Waals surface area contributed by atoms with E-state index in [-0.39, 0.29) is 6.61 Å². The Balaban J connectivity index is 1.83. The van der Waals surface area contributed by atoms with Crippen LogP contribution in [0.15, 0.2) is 65.7 Å². The summed E-state index contributed by atoms with van der Waals surface area (Å²) in [6.45, 7) is 0.286. The van der Waals surface area contributed by atoms with Crippen molar-refractivity contribution in [2.24, 2.45) is 4.99 Å². The second kappa shape index (κ2) is 9.68. The lowest BCUT2D eigenvalue weighted by Gasteiger charge is -2.14. The van der Waals surface area contributed by atoms with E-state index in [0.717, 1.165) is 22.5 Å². The molecule has 0 aliphatic heterocycles. The molecule has 29 heavy (non-hydrogen) atoms. The van der Waals surface area contributed by atoms with Crippen LogP contribution in [0.3, 0.4) is 0 Å². The molecule has 3 aromatic carbocycles. The highest BCUT2D eigenvalue weighted by Gasteiger charge is 2.11. The monoisotopic (exact) mass is 428 g/mol. The summed E-state index contributed by atoms with van der Waals surface area (Å²) in [7, 11) is 5.62. The number of halogens is 2. The van der Waals surface area contributed by atoms with E-state index in [1.165, 1.54) is 0 Å². The first-order valence-corrected chi connectivity index (χ1v) is 9.78. The molecule has 0 saturated carbocycles. The SMILES string of the molecule is COc1cccc(C=Nc2ccc(N(C)C)cc2)c1OCc1ccc(Cl)cc1Cl. The largest absolute Gasteiger partial charge is 0.493 e. The minimum Gasteiger partial charge on any atom is -0.493 e. The van der Waals surface area contributed by atoms with E-state index in [1.54, 1.807) is 25.5 Å². The molecular formula is C23H22Cl2N2O2. The Morgan fingerprint density at radius 2 is 1.76 bits per heavy atom. The summed E-state index contributed by atoms with van der Waals surface area (Å²) in [5, 5.41) is 1.15. The van der Waals surface area contributed by atoms with Crippen molar-refractivity contribution in [3.63, 3.8) is 0 Å². The lowest BCUT2D eigenvalue weighted by molar-refractivity contribution is 0.284. The van der Waals surface area contributed by atoms with Crippen LogP contribution in [0.2, 0.25) is 10.0 Å². The van der Waals surface area contributed by atoms with Crippen molar-refractivity contribution >= 4 is 40.8 Å². The number of para-hydroxylation sites is 1. The van der Waals surface area contributed by atoms with Gasteiger partial charge in [-0.15, -0.1) is 0 Å². The number of anilines is 1. The quantitative estimate of drug-likeness (QED) is 0.408. The van der Waals surface area contributed by atoms with Crippen LogP contribution in [-0.2, 0) is 6.61 Å². The van der Waals surface area contributed by atoms with Crippen LogP contribution in [0.4, 0.5) is 11.4 Å². The van der Waals surface area contributed by atoms with Gasteiger partial charge in [-0.3, -0.25) is 4.99 Å². The maximum absolute atomic E-state index is 6.26. The number of aliphatic imine (C=N–C) groups is 1. The molecule has 150 valence electrons. The molecule has 3 aromatic rings. The molecule has 0 amide bonds. The number of benzene rings is 3. The van der Waals surface area contributed by atoms with Crippen LogP contribution in [0.5, 0.6) is 11.5 Å². The fourth-order valence-electron chi connectivity index (χ4n) is 2.72. The molecule has 0 fully saturated rings. The summed E-state index contributed by atoms with van der Waals surface area (Å²) in [5.41, 5.74) is 3.62. The standard InChI is InChI=1S/C23H22Cl2N2O2/c1-27(2)20-11-9-19(10-12-20)26-14-16-5-4-6-22(28-3)23(16)29-15-17-7-8-18(24)13-21(17)25/h4-14H,15H2,1-3H3. The molecule has 4 nitrogen and oxygen atoms in total.